The molecule has 158 valence electrons. The average molecular weight is 529 g/mol. The van der Waals surface area contributed by atoms with Crippen molar-refractivity contribution >= 4 is 56.4 Å². The zero-order valence-electron chi connectivity index (χ0n) is 16.2. The van der Waals surface area contributed by atoms with E-state index in [1.54, 1.807) is 33.1 Å². The van der Waals surface area contributed by atoms with E-state index in [9.17, 15) is 9.90 Å². The number of aliphatic hydroxyl groups is 1. The molecular formula is C21H20BrCl2N3O2S. The third kappa shape index (κ3) is 4.18. The number of aliphatic hydroxyl groups excluding tert-OH is 1. The van der Waals surface area contributed by atoms with Gasteiger partial charge in [-0.2, -0.15) is 5.10 Å². The number of rotatable bonds is 4. The summed E-state index contributed by atoms with van der Waals surface area (Å²) in [6, 6.07) is 9.24. The minimum atomic E-state index is -0.343. The third-order valence-corrected chi connectivity index (χ3v) is 7.40. The number of thiophene rings is 1. The lowest BCUT2D eigenvalue weighted by atomic mass is 10.0. The smallest absolute Gasteiger partial charge is 0.274 e. The Labute approximate surface area is 197 Å². The number of carbonyl (C=O) groups is 1. The van der Waals surface area contributed by atoms with Crippen LogP contribution in [0.4, 0.5) is 0 Å². The van der Waals surface area contributed by atoms with Crippen LogP contribution in [0.1, 0.15) is 35.8 Å². The van der Waals surface area contributed by atoms with Gasteiger partial charge in [0.15, 0.2) is 5.69 Å². The second kappa shape index (κ2) is 9.01. The number of piperidine rings is 1. The van der Waals surface area contributed by atoms with Gasteiger partial charge >= 0.3 is 0 Å². The molecular weight excluding hydrogens is 509 g/mol. The molecule has 3 aromatic rings. The SMILES string of the molecule is CCc1c(C(=O)N2CCC(O)CC2)nn(-c2ccc(Cl)cc2Cl)c1-c1ccc(Br)s1. The number of benzene rings is 1. The molecule has 0 bridgehead atoms. The number of amides is 1. The number of halogens is 3. The minimum absolute atomic E-state index is 0.112. The number of aromatic nitrogens is 2. The Balaban J connectivity index is 1.87. The number of hydrogen-bond acceptors (Lipinski definition) is 4. The highest BCUT2D eigenvalue weighted by Gasteiger charge is 2.30. The van der Waals surface area contributed by atoms with E-state index >= 15 is 0 Å². The molecule has 5 nitrogen and oxygen atoms in total. The molecule has 1 aliphatic heterocycles. The molecule has 1 fully saturated rings. The van der Waals surface area contributed by atoms with Gasteiger partial charge in [-0.05, 0) is 65.5 Å². The van der Waals surface area contributed by atoms with Gasteiger partial charge in [-0.25, -0.2) is 4.68 Å². The molecule has 0 saturated carbocycles. The van der Waals surface area contributed by atoms with Crippen molar-refractivity contribution in [2.24, 2.45) is 0 Å². The maximum absolute atomic E-state index is 13.4. The van der Waals surface area contributed by atoms with E-state index in [4.69, 9.17) is 28.3 Å². The standard InChI is InChI=1S/C21H20BrCl2N3O2S/c1-2-14-19(21(29)26-9-7-13(28)8-10-26)25-27(16-4-3-12(23)11-15(16)24)20(14)17-5-6-18(22)30-17/h3-6,11,13,28H,2,7-10H2,1H3. The van der Waals surface area contributed by atoms with E-state index in [-0.39, 0.29) is 12.0 Å². The van der Waals surface area contributed by atoms with E-state index in [1.807, 2.05) is 25.1 Å². The van der Waals surface area contributed by atoms with Crippen molar-refractivity contribution in [3.63, 3.8) is 0 Å². The Kier molecular flexibility index (Phi) is 6.55. The van der Waals surface area contributed by atoms with E-state index in [2.05, 4.69) is 15.9 Å². The fraction of sp³-hybridized carbons (Fsp3) is 0.333. The zero-order valence-corrected chi connectivity index (χ0v) is 20.2. The topological polar surface area (TPSA) is 58.4 Å². The van der Waals surface area contributed by atoms with Crippen molar-refractivity contribution in [1.29, 1.82) is 0 Å². The van der Waals surface area contributed by atoms with Gasteiger partial charge in [0.05, 0.1) is 31.2 Å². The van der Waals surface area contributed by atoms with E-state index in [0.29, 0.717) is 53.8 Å². The van der Waals surface area contributed by atoms with Crippen LogP contribution in [0, 0.1) is 0 Å². The molecule has 1 saturated heterocycles. The van der Waals surface area contributed by atoms with Crippen LogP contribution >= 0.6 is 50.5 Å². The Hall–Kier alpha value is -1.38. The highest BCUT2D eigenvalue weighted by Crippen LogP contribution is 2.38. The molecule has 2 aromatic heterocycles. The van der Waals surface area contributed by atoms with Crippen LogP contribution in [0.5, 0.6) is 0 Å². The first-order valence-corrected chi connectivity index (χ1v) is 12.1. The number of carbonyl (C=O) groups excluding carboxylic acids is 1. The van der Waals surface area contributed by atoms with Crippen molar-refractivity contribution < 1.29 is 9.90 Å². The van der Waals surface area contributed by atoms with Crippen LogP contribution in [0.3, 0.4) is 0 Å². The van der Waals surface area contributed by atoms with Gasteiger partial charge in [-0.15, -0.1) is 11.3 Å². The summed E-state index contributed by atoms with van der Waals surface area (Å²) in [7, 11) is 0. The average Bonchev–Trinajstić information content (AvgIpc) is 3.31. The van der Waals surface area contributed by atoms with E-state index < -0.39 is 0 Å². The lowest BCUT2D eigenvalue weighted by molar-refractivity contribution is 0.0540. The van der Waals surface area contributed by atoms with Crippen molar-refractivity contribution in [3.05, 3.63) is 55.4 Å². The van der Waals surface area contributed by atoms with E-state index in [0.717, 1.165) is 19.9 Å². The fourth-order valence-electron chi connectivity index (χ4n) is 3.70. The predicted molar refractivity (Wildman–Crippen MR) is 125 cm³/mol. The first kappa shape index (κ1) is 21.8. The summed E-state index contributed by atoms with van der Waals surface area (Å²) in [5.41, 5.74) is 2.84. The molecule has 0 unspecified atom stereocenters. The minimum Gasteiger partial charge on any atom is -0.393 e. The van der Waals surface area contributed by atoms with Crippen LogP contribution in [-0.4, -0.2) is 44.9 Å². The number of likely N-dealkylation sites (tertiary alicyclic amines) is 1. The lowest BCUT2D eigenvalue weighted by Gasteiger charge is -2.29. The molecule has 4 rings (SSSR count). The first-order valence-electron chi connectivity index (χ1n) is 9.69. The third-order valence-electron chi connectivity index (χ3n) is 5.24. The highest BCUT2D eigenvalue weighted by molar-refractivity contribution is 9.11. The number of nitrogens with zero attached hydrogens (tertiary/aromatic N) is 3. The molecule has 9 heteroatoms. The van der Waals surface area contributed by atoms with Crippen LogP contribution in [-0.2, 0) is 6.42 Å². The Morgan fingerprint density at radius 3 is 2.60 bits per heavy atom. The predicted octanol–water partition coefficient (Wildman–Crippen LogP) is 5.83. The van der Waals surface area contributed by atoms with Gasteiger partial charge in [0.2, 0.25) is 0 Å². The Bertz CT molecular complexity index is 1090. The Morgan fingerprint density at radius 2 is 2.00 bits per heavy atom. The van der Waals surface area contributed by atoms with E-state index in [1.165, 1.54) is 0 Å². The summed E-state index contributed by atoms with van der Waals surface area (Å²) in [5.74, 6) is -0.112. The van der Waals surface area contributed by atoms with Crippen LogP contribution < -0.4 is 0 Å². The monoisotopic (exact) mass is 527 g/mol. The van der Waals surface area contributed by atoms with Gasteiger partial charge in [0, 0.05) is 23.7 Å². The maximum atomic E-state index is 13.4. The van der Waals surface area contributed by atoms with Gasteiger partial charge in [0.1, 0.15) is 0 Å². The Morgan fingerprint density at radius 1 is 1.27 bits per heavy atom. The molecule has 1 aromatic carbocycles. The highest BCUT2D eigenvalue weighted by atomic mass is 79.9. The van der Waals surface area contributed by atoms with Gasteiger partial charge < -0.3 is 10.0 Å². The lowest BCUT2D eigenvalue weighted by Crippen LogP contribution is -2.40. The van der Waals surface area contributed by atoms with Crippen molar-refractivity contribution in [2.45, 2.75) is 32.3 Å². The van der Waals surface area contributed by atoms with Gasteiger partial charge in [-0.1, -0.05) is 30.1 Å². The summed E-state index contributed by atoms with van der Waals surface area (Å²) < 4.78 is 2.74. The molecule has 1 amide bonds. The molecule has 0 radical (unpaired) electrons. The second-order valence-corrected chi connectivity index (χ2v) is 10.5. The van der Waals surface area contributed by atoms with Gasteiger partial charge in [-0.3, -0.25) is 4.79 Å². The fourth-order valence-corrected chi connectivity index (χ4v) is 5.63. The summed E-state index contributed by atoms with van der Waals surface area (Å²) in [6.07, 6.45) is 1.47. The van der Waals surface area contributed by atoms with Crippen molar-refractivity contribution in [1.82, 2.24) is 14.7 Å². The second-order valence-electron chi connectivity index (χ2n) is 7.16. The molecule has 1 aliphatic rings. The maximum Gasteiger partial charge on any atom is 0.274 e. The summed E-state index contributed by atoms with van der Waals surface area (Å²) in [4.78, 5) is 16.1. The molecule has 0 atom stereocenters. The van der Waals surface area contributed by atoms with Gasteiger partial charge in [0.25, 0.3) is 5.91 Å². The molecule has 0 spiro atoms. The first-order chi connectivity index (χ1) is 14.4. The quantitative estimate of drug-likeness (QED) is 0.463. The molecule has 30 heavy (non-hydrogen) atoms. The largest absolute Gasteiger partial charge is 0.393 e. The van der Waals surface area contributed by atoms with Crippen molar-refractivity contribution in [2.75, 3.05) is 13.1 Å². The van der Waals surface area contributed by atoms with Crippen molar-refractivity contribution in [3.8, 4) is 16.3 Å². The molecule has 3 heterocycles. The summed E-state index contributed by atoms with van der Waals surface area (Å²) >= 11 is 17.7. The van der Waals surface area contributed by atoms with Crippen LogP contribution in [0.15, 0.2) is 34.1 Å². The molecule has 0 aliphatic carbocycles. The summed E-state index contributed by atoms with van der Waals surface area (Å²) in [6.45, 7) is 3.07. The number of hydrogen-bond donors (Lipinski definition) is 1. The van der Waals surface area contributed by atoms with Crippen LogP contribution in [0.25, 0.3) is 16.3 Å². The van der Waals surface area contributed by atoms with Crippen LogP contribution in [0.2, 0.25) is 10.0 Å². The normalized spacial score (nSPS) is 15.0. The molecule has 1 N–H and O–H groups in total. The zero-order chi connectivity index (χ0) is 21.4. The summed E-state index contributed by atoms with van der Waals surface area (Å²) in [5, 5.41) is 15.5.